The third-order valence-electron chi connectivity index (χ3n) is 6.01. The maximum Gasteiger partial charge on any atom is 0.281 e. The topological polar surface area (TPSA) is 146 Å². The van der Waals surface area contributed by atoms with Crippen molar-refractivity contribution in [2.75, 3.05) is 24.6 Å². The van der Waals surface area contributed by atoms with Crippen LogP contribution in [0.15, 0.2) is 53.3 Å². The fourth-order valence-corrected chi connectivity index (χ4v) is 4.04. The predicted molar refractivity (Wildman–Crippen MR) is 137 cm³/mol. The Morgan fingerprint density at radius 2 is 1.78 bits per heavy atom. The number of aromatic nitrogens is 2. The Balaban J connectivity index is 0.00000361. The molecule has 10 nitrogen and oxygen atoms in total. The van der Waals surface area contributed by atoms with Crippen LogP contribution in [0.1, 0.15) is 18.4 Å². The Labute approximate surface area is 214 Å². The number of ether oxygens (including phenoxy) is 1. The lowest BCUT2D eigenvalue weighted by Crippen LogP contribution is -2.42. The molecule has 2 aromatic carbocycles. The van der Waals surface area contributed by atoms with Crippen molar-refractivity contribution in [2.24, 2.45) is 12.8 Å². The third kappa shape index (κ3) is 5.66. The number of carbonyl (C=O) groups excluding carboxylic acids is 1. The van der Waals surface area contributed by atoms with Crippen molar-refractivity contribution in [3.05, 3.63) is 64.4 Å². The highest BCUT2D eigenvalue weighted by Crippen LogP contribution is 2.31. The van der Waals surface area contributed by atoms with Crippen molar-refractivity contribution >= 4 is 24.3 Å². The number of nitrogens with zero attached hydrogens (tertiary/aromatic N) is 4. The minimum Gasteiger partial charge on any atom is -0.484 e. The first kappa shape index (κ1) is 26.7. The molecule has 36 heavy (non-hydrogen) atoms. The van der Waals surface area contributed by atoms with E-state index in [4.69, 9.17) is 20.7 Å². The average molecular weight is 511 g/mol. The van der Waals surface area contributed by atoms with E-state index < -0.39 is 5.91 Å². The lowest BCUT2D eigenvalue weighted by atomic mass is 9.99. The summed E-state index contributed by atoms with van der Waals surface area (Å²) in [4.78, 5) is 31.9. The van der Waals surface area contributed by atoms with Gasteiger partial charge in [0.2, 0.25) is 5.95 Å². The molecule has 0 radical (unpaired) electrons. The maximum atomic E-state index is 13.7. The first-order valence-electron chi connectivity index (χ1n) is 11.2. The van der Waals surface area contributed by atoms with Crippen LogP contribution in [0.25, 0.3) is 22.4 Å². The monoisotopic (exact) mass is 510 g/mol. The van der Waals surface area contributed by atoms with Crippen LogP contribution in [0.3, 0.4) is 0 Å². The van der Waals surface area contributed by atoms with Gasteiger partial charge in [0, 0.05) is 31.7 Å². The summed E-state index contributed by atoms with van der Waals surface area (Å²) in [7, 11) is 1.70. The molecule has 1 aliphatic rings. The minimum absolute atomic E-state index is 0. The van der Waals surface area contributed by atoms with Gasteiger partial charge in [0.05, 0.1) is 22.9 Å². The molecular weight excluding hydrogens is 484 g/mol. The van der Waals surface area contributed by atoms with Crippen LogP contribution in [0, 0.1) is 11.3 Å². The van der Waals surface area contributed by atoms with Crippen LogP contribution >= 0.6 is 12.4 Å². The highest BCUT2D eigenvalue weighted by molar-refractivity contribution is 5.85. The van der Waals surface area contributed by atoms with E-state index in [1.165, 1.54) is 5.48 Å². The van der Waals surface area contributed by atoms with Crippen LogP contribution in [-0.4, -0.2) is 46.4 Å². The molecule has 188 valence electrons. The van der Waals surface area contributed by atoms with Gasteiger partial charge in [-0.2, -0.15) is 5.26 Å². The zero-order valence-corrected chi connectivity index (χ0v) is 20.5. The number of hydroxylamine groups is 1. The van der Waals surface area contributed by atoms with Gasteiger partial charge in [-0.3, -0.25) is 19.4 Å². The summed E-state index contributed by atoms with van der Waals surface area (Å²) in [6.45, 7) is 1.08. The molecule has 1 fully saturated rings. The molecule has 2 heterocycles. The molecule has 0 bridgehead atoms. The number of rotatable bonds is 6. The highest BCUT2D eigenvalue weighted by atomic mass is 35.5. The zero-order valence-electron chi connectivity index (χ0n) is 19.7. The second kappa shape index (κ2) is 11.7. The maximum absolute atomic E-state index is 13.7. The fraction of sp³-hybridized carbons (Fsp3) is 0.280. The average Bonchev–Trinajstić information content (AvgIpc) is 2.89. The molecule has 1 amide bonds. The summed E-state index contributed by atoms with van der Waals surface area (Å²) in [5, 5.41) is 17.8. The third-order valence-corrected chi connectivity index (χ3v) is 6.01. The number of halogens is 1. The number of benzene rings is 2. The Morgan fingerprint density at radius 3 is 2.36 bits per heavy atom. The van der Waals surface area contributed by atoms with Crippen molar-refractivity contribution in [3.63, 3.8) is 0 Å². The number of nitriles is 1. The van der Waals surface area contributed by atoms with E-state index in [1.54, 1.807) is 60.1 Å². The van der Waals surface area contributed by atoms with Gasteiger partial charge in [-0.05, 0) is 42.7 Å². The molecule has 4 rings (SSSR count). The van der Waals surface area contributed by atoms with Gasteiger partial charge in [-0.25, -0.2) is 10.5 Å². The Kier molecular flexibility index (Phi) is 8.66. The van der Waals surface area contributed by atoms with Gasteiger partial charge < -0.3 is 15.4 Å². The summed E-state index contributed by atoms with van der Waals surface area (Å²) in [5.74, 6) is 0.299. The highest BCUT2D eigenvalue weighted by Gasteiger charge is 2.24. The van der Waals surface area contributed by atoms with Gasteiger partial charge in [-0.1, -0.05) is 24.3 Å². The van der Waals surface area contributed by atoms with Crippen LogP contribution in [-0.2, 0) is 11.8 Å². The molecule has 1 aromatic heterocycles. The van der Waals surface area contributed by atoms with Crippen molar-refractivity contribution < 1.29 is 14.7 Å². The minimum atomic E-state index is -0.676. The van der Waals surface area contributed by atoms with Crippen molar-refractivity contribution in [1.82, 2.24) is 15.0 Å². The SMILES string of the molecule is Cl.Cn1c(N2CCC(N)CC2)nc(-c2ccc(C#N)cc2)c(-c2ccc(OCC(=O)NO)cc2)c1=O. The van der Waals surface area contributed by atoms with Crippen LogP contribution < -0.4 is 26.4 Å². The smallest absolute Gasteiger partial charge is 0.281 e. The summed E-state index contributed by atoms with van der Waals surface area (Å²) in [6, 6.07) is 15.9. The number of anilines is 1. The van der Waals surface area contributed by atoms with Gasteiger partial charge in [0.25, 0.3) is 11.5 Å². The molecule has 3 aromatic rings. The second-order valence-electron chi connectivity index (χ2n) is 8.36. The van der Waals surface area contributed by atoms with E-state index in [9.17, 15) is 14.9 Å². The largest absolute Gasteiger partial charge is 0.484 e. The first-order valence-corrected chi connectivity index (χ1v) is 11.2. The van der Waals surface area contributed by atoms with Crippen molar-refractivity contribution in [3.8, 4) is 34.2 Å². The zero-order chi connectivity index (χ0) is 24.9. The van der Waals surface area contributed by atoms with E-state index >= 15 is 0 Å². The molecule has 0 saturated carbocycles. The van der Waals surface area contributed by atoms with E-state index in [0.717, 1.165) is 12.8 Å². The van der Waals surface area contributed by atoms with Gasteiger partial charge >= 0.3 is 0 Å². The van der Waals surface area contributed by atoms with Gasteiger partial charge in [0.1, 0.15) is 5.75 Å². The summed E-state index contributed by atoms with van der Waals surface area (Å²) >= 11 is 0. The molecule has 0 unspecified atom stereocenters. The van der Waals surface area contributed by atoms with E-state index in [-0.39, 0.29) is 30.6 Å². The number of amides is 1. The Morgan fingerprint density at radius 1 is 1.17 bits per heavy atom. The van der Waals surface area contributed by atoms with E-state index in [1.807, 2.05) is 0 Å². The fourth-order valence-electron chi connectivity index (χ4n) is 4.04. The number of hydrogen-bond donors (Lipinski definition) is 3. The van der Waals surface area contributed by atoms with Gasteiger partial charge in [-0.15, -0.1) is 12.4 Å². The number of nitrogens with two attached hydrogens (primary N) is 1. The molecule has 4 N–H and O–H groups in total. The second-order valence-corrected chi connectivity index (χ2v) is 8.36. The van der Waals surface area contributed by atoms with Crippen LogP contribution in [0.2, 0.25) is 0 Å². The van der Waals surface area contributed by atoms with Gasteiger partial charge in [0.15, 0.2) is 6.61 Å². The summed E-state index contributed by atoms with van der Waals surface area (Å²) in [6.07, 6.45) is 1.64. The number of nitrogens with one attached hydrogen (secondary N) is 1. The Hall–Kier alpha value is -3.91. The summed E-state index contributed by atoms with van der Waals surface area (Å²) in [5.41, 5.74) is 10.1. The molecule has 11 heteroatoms. The summed E-state index contributed by atoms with van der Waals surface area (Å²) < 4.78 is 6.88. The predicted octanol–water partition coefficient (Wildman–Crippen LogP) is 2.22. The molecule has 1 aliphatic heterocycles. The molecule has 1 saturated heterocycles. The lowest BCUT2D eigenvalue weighted by molar-refractivity contribution is -0.131. The normalized spacial score (nSPS) is 13.4. The standard InChI is InChI=1S/C25H26N6O4.ClH/c1-30-24(33)22(17-6-8-20(9-7-17)35-15-21(32)29-34)23(18-4-2-16(14-26)3-5-18)28-25(30)31-12-10-19(27)11-13-31;/h2-9,19,34H,10-13,15,27H2,1H3,(H,29,32);1H. The number of hydrogen-bond acceptors (Lipinski definition) is 8. The first-order chi connectivity index (χ1) is 16.9. The lowest BCUT2D eigenvalue weighted by Gasteiger charge is -2.32. The van der Waals surface area contributed by atoms with Crippen LogP contribution in [0.5, 0.6) is 5.75 Å². The van der Waals surface area contributed by atoms with E-state index in [2.05, 4.69) is 11.0 Å². The van der Waals surface area contributed by atoms with Crippen molar-refractivity contribution in [1.29, 1.82) is 5.26 Å². The molecule has 0 spiro atoms. The number of piperidine rings is 1. The van der Waals surface area contributed by atoms with Crippen molar-refractivity contribution in [2.45, 2.75) is 18.9 Å². The van der Waals surface area contributed by atoms with E-state index in [0.29, 0.717) is 52.7 Å². The molecule has 0 atom stereocenters. The van der Waals surface area contributed by atoms with Crippen LogP contribution in [0.4, 0.5) is 5.95 Å². The Bertz CT molecular complexity index is 1310. The molecular formula is C25H27ClN6O4. The number of carbonyl (C=O) groups is 1. The molecule has 0 aliphatic carbocycles. The quantitative estimate of drug-likeness (QED) is 0.338.